The van der Waals surface area contributed by atoms with Crippen molar-refractivity contribution in [3.05, 3.63) is 106 Å². The molecule has 0 radical (unpaired) electrons. The van der Waals surface area contributed by atoms with E-state index in [1.807, 2.05) is 0 Å². The van der Waals surface area contributed by atoms with E-state index in [1.165, 1.54) is 0 Å². The number of carbonyl (C=O) groups excluding carboxylic acids is 2. The van der Waals surface area contributed by atoms with Crippen LogP contribution in [0.15, 0.2) is 83.8 Å². The molecule has 0 fully saturated rings. The lowest BCUT2D eigenvalue weighted by atomic mass is 9.99. The molecule has 1 unspecified atom stereocenters. The van der Waals surface area contributed by atoms with E-state index < -0.39 is 43.2 Å². The average Bonchev–Trinajstić information content (AvgIpc) is 2.77. The Morgan fingerprint density at radius 1 is 0.903 bits per heavy atom. The van der Waals surface area contributed by atoms with Crippen LogP contribution < -0.4 is 0 Å². The van der Waals surface area contributed by atoms with E-state index in [9.17, 15) is 28.1 Å². The second-order valence-electron chi connectivity index (χ2n) is 6.64. The Labute approximate surface area is 178 Å². The van der Waals surface area contributed by atoms with Crippen molar-refractivity contribution >= 4 is 27.3 Å². The van der Waals surface area contributed by atoms with Crippen molar-refractivity contribution in [3.63, 3.8) is 0 Å². The first kappa shape index (κ1) is 21.8. The van der Waals surface area contributed by atoms with Gasteiger partial charge in [-0.05, 0) is 12.1 Å². The number of hydrogen-bond donors (Lipinski definition) is 0. The van der Waals surface area contributed by atoms with Crippen molar-refractivity contribution in [1.82, 2.24) is 0 Å². The van der Waals surface area contributed by atoms with Crippen LogP contribution in [0.3, 0.4) is 0 Å². The Kier molecular flexibility index (Phi) is 6.26. The summed E-state index contributed by atoms with van der Waals surface area (Å²) in [5, 5.41) is 11.3. The zero-order chi connectivity index (χ0) is 22.6. The fraction of sp³-hybridized carbons (Fsp3) is 0.0909. The van der Waals surface area contributed by atoms with Crippen molar-refractivity contribution in [1.29, 1.82) is 0 Å². The van der Waals surface area contributed by atoms with Gasteiger partial charge in [-0.2, -0.15) is 0 Å². The highest BCUT2D eigenvalue weighted by molar-refractivity contribution is 7.90. The van der Waals surface area contributed by atoms with Gasteiger partial charge in [-0.15, -0.1) is 0 Å². The number of carbonyl (C=O) groups is 2. The van der Waals surface area contributed by atoms with E-state index in [4.69, 9.17) is 4.74 Å². The number of rotatable bonds is 7. The molecule has 0 heterocycles. The first-order valence-electron chi connectivity index (χ1n) is 9.02. The Balaban J connectivity index is 1.99. The standard InChI is InChI=1S/C22H17NO7S/c1-31(28,29)19-13-12-17(14-18(19)23(26)27)22(25)30-21(16-10-6-3-7-11-16)20(24)15-8-4-2-5-9-15/h2-14,21H,1H3. The highest BCUT2D eigenvalue weighted by Crippen LogP contribution is 2.28. The van der Waals surface area contributed by atoms with Crippen LogP contribution in [-0.4, -0.2) is 31.3 Å². The van der Waals surface area contributed by atoms with Gasteiger partial charge in [-0.25, -0.2) is 13.2 Å². The predicted molar refractivity (Wildman–Crippen MR) is 112 cm³/mol. The van der Waals surface area contributed by atoms with Gasteiger partial charge < -0.3 is 4.74 Å². The quantitative estimate of drug-likeness (QED) is 0.238. The zero-order valence-electron chi connectivity index (χ0n) is 16.3. The number of nitro benzene ring substituents is 1. The van der Waals surface area contributed by atoms with Crippen molar-refractivity contribution in [3.8, 4) is 0 Å². The van der Waals surface area contributed by atoms with Crippen molar-refractivity contribution < 1.29 is 27.7 Å². The molecule has 0 amide bonds. The molecule has 3 aromatic carbocycles. The minimum Gasteiger partial charge on any atom is -0.445 e. The highest BCUT2D eigenvalue weighted by Gasteiger charge is 2.29. The van der Waals surface area contributed by atoms with Gasteiger partial charge in [0.25, 0.3) is 5.69 Å². The molecule has 0 saturated heterocycles. The summed E-state index contributed by atoms with van der Waals surface area (Å²) in [6.07, 6.45) is -0.457. The number of Topliss-reactive ketones (excluding diaryl/α,β-unsaturated/α-hetero) is 1. The highest BCUT2D eigenvalue weighted by atomic mass is 32.2. The van der Waals surface area contributed by atoms with Crippen LogP contribution in [0.5, 0.6) is 0 Å². The molecule has 31 heavy (non-hydrogen) atoms. The van der Waals surface area contributed by atoms with E-state index in [0.29, 0.717) is 11.1 Å². The van der Waals surface area contributed by atoms with E-state index in [-0.39, 0.29) is 5.56 Å². The molecular formula is C22H17NO7S. The molecule has 158 valence electrons. The topological polar surface area (TPSA) is 121 Å². The van der Waals surface area contributed by atoms with Crippen LogP contribution in [0.4, 0.5) is 5.69 Å². The number of hydrogen-bond acceptors (Lipinski definition) is 7. The third-order valence-electron chi connectivity index (χ3n) is 4.41. The fourth-order valence-electron chi connectivity index (χ4n) is 2.93. The van der Waals surface area contributed by atoms with Crippen LogP contribution in [0.25, 0.3) is 0 Å². The van der Waals surface area contributed by atoms with Gasteiger partial charge in [0.2, 0.25) is 5.78 Å². The van der Waals surface area contributed by atoms with E-state index in [0.717, 1.165) is 24.5 Å². The van der Waals surface area contributed by atoms with Gasteiger partial charge in [0.1, 0.15) is 4.90 Å². The SMILES string of the molecule is CS(=O)(=O)c1ccc(C(=O)OC(C(=O)c2ccccc2)c2ccccc2)cc1[N+](=O)[O-]. The maximum Gasteiger partial charge on any atom is 0.339 e. The molecule has 0 N–H and O–H groups in total. The normalized spacial score (nSPS) is 12.0. The molecule has 9 heteroatoms. The van der Waals surface area contributed by atoms with Crippen LogP contribution >= 0.6 is 0 Å². The first-order chi connectivity index (χ1) is 14.7. The predicted octanol–water partition coefficient (Wildman–Crippen LogP) is 3.78. The molecule has 0 saturated carbocycles. The third kappa shape index (κ3) is 5.01. The van der Waals surface area contributed by atoms with Crippen LogP contribution in [0.1, 0.15) is 32.4 Å². The molecule has 3 aromatic rings. The smallest absolute Gasteiger partial charge is 0.339 e. The minimum atomic E-state index is -3.88. The molecule has 0 aliphatic rings. The maximum atomic E-state index is 13.0. The monoisotopic (exact) mass is 439 g/mol. The largest absolute Gasteiger partial charge is 0.445 e. The Bertz CT molecular complexity index is 1240. The molecule has 0 aliphatic carbocycles. The van der Waals surface area contributed by atoms with E-state index in [2.05, 4.69) is 0 Å². The van der Waals surface area contributed by atoms with Crippen LogP contribution in [-0.2, 0) is 14.6 Å². The van der Waals surface area contributed by atoms with Crippen LogP contribution in [0.2, 0.25) is 0 Å². The Morgan fingerprint density at radius 3 is 2.03 bits per heavy atom. The summed E-state index contributed by atoms with van der Waals surface area (Å²) in [4.78, 5) is 35.7. The molecular weight excluding hydrogens is 422 g/mol. The van der Waals surface area contributed by atoms with Crippen LogP contribution in [0, 0.1) is 10.1 Å². The fourth-order valence-corrected chi connectivity index (χ4v) is 3.76. The number of esters is 1. The Morgan fingerprint density at radius 2 is 1.48 bits per heavy atom. The number of sulfone groups is 1. The molecule has 0 aliphatic heterocycles. The summed E-state index contributed by atoms with van der Waals surface area (Å²) >= 11 is 0. The summed E-state index contributed by atoms with van der Waals surface area (Å²) in [6.45, 7) is 0. The molecule has 1 atom stereocenters. The number of nitro groups is 1. The lowest BCUT2D eigenvalue weighted by Crippen LogP contribution is -2.20. The summed E-state index contributed by atoms with van der Waals surface area (Å²) in [6, 6.07) is 19.5. The summed E-state index contributed by atoms with van der Waals surface area (Å²) in [5.41, 5.74) is -0.252. The van der Waals surface area contributed by atoms with Crippen molar-refractivity contribution in [2.45, 2.75) is 11.0 Å². The molecule has 0 bridgehead atoms. The van der Waals surface area contributed by atoms with Crippen molar-refractivity contribution in [2.24, 2.45) is 0 Å². The van der Waals surface area contributed by atoms with Gasteiger partial charge in [0.15, 0.2) is 15.9 Å². The van der Waals surface area contributed by atoms with Crippen molar-refractivity contribution in [2.75, 3.05) is 6.26 Å². The molecule has 0 aromatic heterocycles. The summed E-state index contributed by atoms with van der Waals surface area (Å²) in [5.74, 6) is -1.47. The number of nitrogens with zero attached hydrogens (tertiary/aromatic N) is 1. The van der Waals surface area contributed by atoms with Gasteiger partial charge in [0.05, 0.1) is 10.5 Å². The second kappa shape index (κ2) is 8.88. The maximum absolute atomic E-state index is 13.0. The number of ketones is 1. The van der Waals surface area contributed by atoms with E-state index >= 15 is 0 Å². The molecule has 3 rings (SSSR count). The third-order valence-corrected chi connectivity index (χ3v) is 5.56. The lowest BCUT2D eigenvalue weighted by Gasteiger charge is -2.17. The number of benzene rings is 3. The minimum absolute atomic E-state index is 0.249. The van der Waals surface area contributed by atoms with E-state index in [1.54, 1.807) is 60.7 Å². The average molecular weight is 439 g/mol. The summed E-state index contributed by atoms with van der Waals surface area (Å²) in [7, 11) is -3.88. The molecule has 8 nitrogen and oxygen atoms in total. The number of ether oxygens (including phenoxy) is 1. The second-order valence-corrected chi connectivity index (χ2v) is 8.62. The Hall–Kier alpha value is -3.85. The van der Waals surface area contributed by atoms with Gasteiger partial charge >= 0.3 is 5.97 Å². The summed E-state index contributed by atoms with van der Waals surface area (Å²) < 4.78 is 29.0. The molecule has 0 spiro atoms. The first-order valence-corrected chi connectivity index (χ1v) is 10.9. The van der Waals surface area contributed by atoms with Gasteiger partial charge in [-0.1, -0.05) is 60.7 Å². The van der Waals surface area contributed by atoms with Gasteiger partial charge in [-0.3, -0.25) is 14.9 Å². The lowest BCUT2D eigenvalue weighted by molar-refractivity contribution is -0.387. The van der Waals surface area contributed by atoms with Gasteiger partial charge in [0, 0.05) is 23.4 Å². The zero-order valence-corrected chi connectivity index (χ0v) is 17.1.